The average Bonchev–Trinajstić information content (AvgIpc) is 2.86. The molecule has 0 aliphatic carbocycles. The first kappa shape index (κ1) is 19.3. The highest BCUT2D eigenvalue weighted by Gasteiger charge is 2.43. The Morgan fingerprint density at radius 3 is 2.43 bits per heavy atom. The van der Waals surface area contributed by atoms with Gasteiger partial charge in [0.15, 0.2) is 0 Å². The largest absolute Gasteiger partial charge is 0.355 e. The number of nitrogens with zero attached hydrogens (tertiary/aromatic N) is 1. The van der Waals surface area contributed by atoms with Gasteiger partial charge in [-0.1, -0.05) is 12.1 Å². The van der Waals surface area contributed by atoms with E-state index in [1.54, 1.807) is 38.4 Å². The van der Waals surface area contributed by atoms with Crippen LogP contribution in [0.3, 0.4) is 0 Å². The van der Waals surface area contributed by atoms with Crippen molar-refractivity contribution in [1.82, 2.24) is 15.5 Å². The van der Waals surface area contributed by atoms with Crippen molar-refractivity contribution in [3.8, 4) is 0 Å². The zero-order valence-electron chi connectivity index (χ0n) is 12.9. The Balaban J connectivity index is 0.00000264. The highest BCUT2D eigenvalue weighted by molar-refractivity contribution is 5.93. The van der Waals surface area contributed by atoms with Gasteiger partial charge >= 0.3 is 0 Å². The monoisotopic (exact) mass is 347 g/mol. The molecule has 1 heterocycles. The van der Waals surface area contributed by atoms with Crippen LogP contribution in [0.5, 0.6) is 0 Å². The Labute approximate surface area is 139 Å². The van der Waals surface area contributed by atoms with Crippen molar-refractivity contribution in [2.24, 2.45) is 0 Å². The fourth-order valence-electron chi connectivity index (χ4n) is 2.41. The van der Waals surface area contributed by atoms with Crippen molar-refractivity contribution in [2.45, 2.75) is 24.9 Å². The Hall–Kier alpha value is -1.73. The van der Waals surface area contributed by atoms with Gasteiger partial charge in [-0.15, -0.1) is 12.4 Å². The van der Waals surface area contributed by atoms with Gasteiger partial charge in [0.05, 0.1) is 12.6 Å². The molecule has 0 aromatic heterocycles. The molecule has 5 nitrogen and oxygen atoms in total. The molecular formula is C15H20ClF2N3O2. The van der Waals surface area contributed by atoms with Gasteiger partial charge < -0.3 is 10.2 Å². The molecule has 2 rings (SSSR count). The van der Waals surface area contributed by atoms with Gasteiger partial charge in [-0.3, -0.25) is 14.9 Å². The second-order valence-electron chi connectivity index (χ2n) is 5.46. The van der Waals surface area contributed by atoms with Gasteiger partial charge in [0.2, 0.25) is 5.91 Å². The zero-order chi connectivity index (χ0) is 16.3. The molecule has 1 atom stereocenters. The van der Waals surface area contributed by atoms with Crippen molar-refractivity contribution >= 4 is 24.2 Å². The Bertz CT molecular complexity index is 566. The third-order valence-corrected chi connectivity index (χ3v) is 3.65. The number of amides is 2. The van der Waals surface area contributed by atoms with Crippen LogP contribution in [0.2, 0.25) is 0 Å². The summed E-state index contributed by atoms with van der Waals surface area (Å²) in [6.45, 7) is -0.158. The summed E-state index contributed by atoms with van der Waals surface area (Å²) in [4.78, 5) is 25.0. The molecule has 1 aliphatic heterocycles. The summed E-state index contributed by atoms with van der Waals surface area (Å²) in [5.74, 6) is -3.36. The van der Waals surface area contributed by atoms with Gasteiger partial charge in [0.1, 0.15) is 0 Å². The van der Waals surface area contributed by atoms with Crippen LogP contribution in [0.4, 0.5) is 8.78 Å². The summed E-state index contributed by atoms with van der Waals surface area (Å²) in [6, 6.07) is 5.96. The number of benzene rings is 1. The lowest BCUT2D eigenvalue weighted by molar-refractivity contribution is -0.132. The third-order valence-electron chi connectivity index (χ3n) is 3.65. The molecule has 2 N–H and O–H groups in total. The minimum atomic E-state index is -2.82. The van der Waals surface area contributed by atoms with E-state index in [9.17, 15) is 18.4 Å². The summed E-state index contributed by atoms with van der Waals surface area (Å²) in [5.41, 5.74) is 1.35. The van der Waals surface area contributed by atoms with E-state index in [1.807, 2.05) is 0 Å². The van der Waals surface area contributed by atoms with Crippen LogP contribution in [0.15, 0.2) is 24.3 Å². The lowest BCUT2D eigenvalue weighted by Crippen LogP contribution is -2.41. The highest BCUT2D eigenvalue weighted by atomic mass is 35.5. The SMILES string of the molecule is CNC(=O)c1ccc(CN(C)C(=O)C2CC(F)(F)CN2)cc1.Cl. The van der Waals surface area contributed by atoms with E-state index in [1.165, 1.54) is 4.90 Å². The van der Waals surface area contributed by atoms with Crippen LogP contribution in [-0.2, 0) is 11.3 Å². The lowest BCUT2D eigenvalue weighted by Gasteiger charge is -2.21. The first-order chi connectivity index (χ1) is 10.3. The van der Waals surface area contributed by atoms with E-state index in [-0.39, 0.29) is 24.2 Å². The summed E-state index contributed by atoms with van der Waals surface area (Å²) in [7, 11) is 3.13. The van der Waals surface area contributed by atoms with E-state index in [2.05, 4.69) is 10.6 Å². The number of rotatable bonds is 4. The number of nitrogens with one attached hydrogen (secondary N) is 2. The van der Waals surface area contributed by atoms with Gasteiger partial charge in [0.25, 0.3) is 11.8 Å². The molecule has 1 aliphatic rings. The third kappa shape index (κ3) is 4.87. The van der Waals surface area contributed by atoms with E-state index >= 15 is 0 Å². The second-order valence-corrected chi connectivity index (χ2v) is 5.46. The van der Waals surface area contributed by atoms with E-state index in [0.29, 0.717) is 12.1 Å². The Morgan fingerprint density at radius 1 is 1.35 bits per heavy atom. The number of carbonyl (C=O) groups is 2. The second kappa shape index (κ2) is 7.70. The Morgan fingerprint density at radius 2 is 1.96 bits per heavy atom. The first-order valence-corrected chi connectivity index (χ1v) is 6.99. The zero-order valence-corrected chi connectivity index (χ0v) is 13.8. The van der Waals surface area contributed by atoms with Crippen LogP contribution in [-0.4, -0.2) is 49.3 Å². The molecule has 0 spiro atoms. The van der Waals surface area contributed by atoms with Crippen LogP contribution in [0.25, 0.3) is 0 Å². The first-order valence-electron chi connectivity index (χ1n) is 6.99. The number of alkyl halides is 2. The van der Waals surface area contributed by atoms with Crippen molar-refractivity contribution in [1.29, 1.82) is 0 Å². The summed E-state index contributed by atoms with van der Waals surface area (Å²) >= 11 is 0. The van der Waals surface area contributed by atoms with Crippen LogP contribution < -0.4 is 10.6 Å². The van der Waals surface area contributed by atoms with Crippen molar-refractivity contribution in [2.75, 3.05) is 20.6 Å². The average molecular weight is 348 g/mol. The van der Waals surface area contributed by atoms with E-state index in [4.69, 9.17) is 0 Å². The number of carbonyl (C=O) groups excluding carboxylic acids is 2. The maximum atomic E-state index is 13.1. The molecule has 1 aromatic rings. The molecule has 8 heteroatoms. The van der Waals surface area contributed by atoms with Gasteiger partial charge in [-0.05, 0) is 17.7 Å². The normalized spacial score (nSPS) is 18.9. The highest BCUT2D eigenvalue weighted by Crippen LogP contribution is 2.26. The topological polar surface area (TPSA) is 61.4 Å². The summed E-state index contributed by atoms with van der Waals surface area (Å²) in [6.07, 6.45) is -0.466. The van der Waals surface area contributed by atoms with Crippen LogP contribution in [0, 0.1) is 0 Å². The predicted octanol–water partition coefficient (Wildman–Crippen LogP) is 1.42. The van der Waals surface area contributed by atoms with Crippen molar-refractivity contribution < 1.29 is 18.4 Å². The maximum absolute atomic E-state index is 13.1. The molecule has 1 unspecified atom stereocenters. The fraction of sp³-hybridized carbons (Fsp3) is 0.467. The Kier molecular flexibility index (Phi) is 6.47. The maximum Gasteiger partial charge on any atom is 0.262 e. The molecule has 0 bridgehead atoms. The van der Waals surface area contributed by atoms with E-state index < -0.39 is 24.9 Å². The smallest absolute Gasteiger partial charge is 0.262 e. The van der Waals surface area contributed by atoms with Crippen LogP contribution in [0.1, 0.15) is 22.3 Å². The molecule has 0 saturated carbocycles. The number of hydrogen-bond donors (Lipinski definition) is 2. The molecule has 1 fully saturated rings. The van der Waals surface area contributed by atoms with Crippen molar-refractivity contribution in [3.63, 3.8) is 0 Å². The minimum absolute atomic E-state index is 0. The van der Waals surface area contributed by atoms with Gasteiger partial charge in [-0.2, -0.15) is 0 Å². The number of likely N-dealkylation sites (N-methyl/N-ethyl adjacent to an activating group) is 1. The van der Waals surface area contributed by atoms with Crippen molar-refractivity contribution in [3.05, 3.63) is 35.4 Å². The quantitative estimate of drug-likeness (QED) is 0.866. The summed E-state index contributed by atoms with van der Waals surface area (Å²) in [5, 5.41) is 5.07. The lowest BCUT2D eigenvalue weighted by atomic mass is 10.1. The minimum Gasteiger partial charge on any atom is -0.355 e. The predicted molar refractivity (Wildman–Crippen MR) is 84.9 cm³/mol. The molecule has 128 valence electrons. The molecule has 1 saturated heterocycles. The number of halogens is 3. The fourth-order valence-corrected chi connectivity index (χ4v) is 2.41. The van der Waals surface area contributed by atoms with Crippen LogP contribution >= 0.6 is 12.4 Å². The summed E-state index contributed by atoms with van der Waals surface area (Å²) < 4.78 is 26.3. The molecule has 2 amide bonds. The van der Waals surface area contributed by atoms with Gasteiger partial charge in [0, 0.05) is 32.6 Å². The molecule has 0 radical (unpaired) electrons. The van der Waals surface area contributed by atoms with E-state index in [0.717, 1.165) is 5.56 Å². The standard InChI is InChI=1S/C15H19F2N3O2.ClH/c1-18-13(21)11-5-3-10(4-6-11)8-20(2)14(22)12-7-15(16,17)9-19-12;/h3-6,12,19H,7-9H2,1-2H3,(H,18,21);1H. The number of hydrogen-bond acceptors (Lipinski definition) is 3. The molecular weight excluding hydrogens is 328 g/mol. The molecule has 1 aromatic carbocycles. The van der Waals surface area contributed by atoms with Gasteiger partial charge in [-0.25, -0.2) is 8.78 Å². The molecule has 23 heavy (non-hydrogen) atoms.